The molecule has 3 rings (SSSR count). The first-order valence-electron chi connectivity index (χ1n) is 6.73. The van der Waals surface area contributed by atoms with Gasteiger partial charge in [-0.1, -0.05) is 24.3 Å². The highest BCUT2D eigenvalue weighted by molar-refractivity contribution is 5.46. The van der Waals surface area contributed by atoms with Gasteiger partial charge in [-0.3, -0.25) is 0 Å². The monoisotopic (exact) mass is 293 g/mol. The highest BCUT2D eigenvalue weighted by Crippen LogP contribution is 2.28. The first kappa shape index (κ1) is 13.9. The molecule has 2 nitrogen and oxygen atoms in total. The number of ether oxygens (including phenoxy) is 1. The summed E-state index contributed by atoms with van der Waals surface area (Å²) in [7, 11) is 0. The van der Waals surface area contributed by atoms with Crippen LogP contribution in [0.25, 0.3) is 0 Å². The topological polar surface area (TPSA) is 21.3 Å². The molecule has 0 radical (unpaired) electrons. The standard InChI is InChI=1S/C16H14F3NO/c17-12-7-14(19)15(8-13(12)18)20-9-16-11-4-2-1-3-10(11)5-6-21-16/h1-4,7-8,16,20H,5-6,9H2. The molecule has 21 heavy (non-hydrogen) atoms. The van der Waals surface area contributed by atoms with Crippen LogP contribution in [0.2, 0.25) is 0 Å². The molecule has 5 heteroatoms. The Labute approximate surface area is 120 Å². The third-order valence-corrected chi connectivity index (χ3v) is 3.58. The Hall–Kier alpha value is -2.01. The van der Waals surface area contributed by atoms with Crippen LogP contribution in [-0.2, 0) is 11.2 Å². The van der Waals surface area contributed by atoms with Crippen LogP contribution in [0.1, 0.15) is 17.2 Å². The molecule has 2 aromatic carbocycles. The van der Waals surface area contributed by atoms with Crippen molar-refractivity contribution in [3.05, 3.63) is 65.0 Å². The second-order valence-corrected chi connectivity index (χ2v) is 4.94. The maximum atomic E-state index is 13.6. The van der Waals surface area contributed by atoms with Crippen molar-refractivity contribution in [2.45, 2.75) is 12.5 Å². The second kappa shape index (κ2) is 5.77. The van der Waals surface area contributed by atoms with E-state index in [0.29, 0.717) is 19.2 Å². The fourth-order valence-electron chi connectivity index (χ4n) is 2.51. The van der Waals surface area contributed by atoms with E-state index in [1.54, 1.807) is 0 Å². The number of rotatable bonds is 3. The van der Waals surface area contributed by atoms with Gasteiger partial charge in [-0.2, -0.15) is 0 Å². The maximum Gasteiger partial charge on any atom is 0.161 e. The van der Waals surface area contributed by atoms with E-state index < -0.39 is 17.5 Å². The van der Waals surface area contributed by atoms with Crippen molar-refractivity contribution in [3.8, 4) is 0 Å². The number of fused-ring (bicyclic) bond motifs is 1. The van der Waals surface area contributed by atoms with Crippen molar-refractivity contribution in [1.29, 1.82) is 0 Å². The molecule has 0 bridgehead atoms. The van der Waals surface area contributed by atoms with E-state index in [2.05, 4.69) is 5.32 Å². The summed E-state index contributed by atoms with van der Waals surface area (Å²) in [5, 5.41) is 2.78. The Morgan fingerprint density at radius 3 is 2.67 bits per heavy atom. The summed E-state index contributed by atoms with van der Waals surface area (Å²) in [5.41, 5.74) is 2.17. The van der Waals surface area contributed by atoms with Crippen molar-refractivity contribution in [3.63, 3.8) is 0 Å². The molecular formula is C16H14F3NO. The van der Waals surface area contributed by atoms with Crippen LogP contribution in [0.5, 0.6) is 0 Å². The van der Waals surface area contributed by atoms with Crippen molar-refractivity contribution >= 4 is 5.69 Å². The minimum atomic E-state index is -1.20. The first-order chi connectivity index (χ1) is 10.1. The lowest BCUT2D eigenvalue weighted by molar-refractivity contribution is 0.0513. The molecule has 1 N–H and O–H groups in total. The van der Waals surface area contributed by atoms with Gasteiger partial charge in [-0.05, 0) is 17.5 Å². The van der Waals surface area contributed by atoms with Gasteiger partial charge < -0.3 is 10.1 Å². The van der Waals surface area contributed by atoms with E-state index in [1.807, 2.05) is 24.3 Å². The molecule has 0 saturated heterocycles. The fraction of sp³-hybridized carbons (Fsp3) is 0.250. The summed E-state index contributed by atoms with van der Waals surface area (Å²) in [6.07, 6.45) is 0.606. The van der Waals surface area contributed by atoms with Crippen LogP contribution in [0.3, 0.4) is 0 Å². The average Bonchev–Trinajstić information content (AvgIpc) is 2.49. The third-order valence-electron chi connectivity index (χ3n) is 3.58. The zero-order valence-corrected chi connectivity index (χ0v) is 11.2. The van der Waals surface area contributed by atoms with Gasteiger partial charge in [0.1, 0.15) is 5.82 Å². The molecule has 0 saturated carbocycles. The molecule has 2 aromatic rings. The lowest BCUT2D eigenvalue weighted by Crippen LogP contribution is -2.23. The Morgan fingerprint density at radius 1 is 1.05 bits per heavy atom. The van der Waals surface area contributed by atoms with Crippen LogP contribution in [-0.4, -0.2) is 13.2 Å². The quantitative estimate of drug-likeness (QED) is 0.868. The van der Waals surface area contributed by atoms with Gasteiger partial charge in [-0.15, -0.1) is 0 Å². The SMILES string of the molecule is Fc1cc(F)c(NCC2OCCc3ccccc32)cc1F. The minimum Gasteiger partial charge on any atom is -0.380 e. The molecule has 1 aliphatic heterocycles. The Kier molecular flexibility index (Phi) is 3.84. The summed E-state index contributed by atoms with van der Waals surface area (Å²) in [5.74, 6) is -3.10. The van der Waals surface area contributed by atoms with Gasteiger partial charge in [0.15, 0.2) is 11.6 Å². The van der Waals surface area contributed by atoms with Gasteiger partial charge >= 0.3 is 0 Å². The molecular weight excluding hydrogens is 279 g/mol. The zero-order valence-electron chi connectivity index (χ0n) is 11.2. The Bertz CT molecular complexity index is 660. The number of hydrogen-bond donors (Lipinski definition) is 1. The second-order valence-electron chi connectivity index (χ2n) is 4.94. The van der Waals surface area contributed by atoms with E-state index in [-0.39, 0.29) is 11.8 Å². The van der Waals surface area contributed by atoms with Crippen molar-refractivity contribution < 1.29 is 17.9 Å². The summed E-state index contributed by atoms with van der Waals surface area (Å²) in [6.45, 7) is 0.878. The molecule has 1 aliphatic rings. The summed E-state index contributed by atoms with van der Waals surface area (Å²) in [6, 6.07) is 9.22. The van der Waals surface area contributed by atoms with Crippen molar-refractivity contribution in [2.75, 3.05) is 18.5 Å². The van der Waals surface area contributed by atoms with Crippen molar-refractivity contribution in [2.24, 2.45) is 0 Å². The highest BCUT2D eigenvalue weighted by atomic mass is 19.2. The molecule has 1 heterocycles. The minimum absolute atomic E-state index is 0.0689. The normalized spacial score (nSPS) is 17.4. The van der Waals surface area contributed by atoms with Crippen LogP contribution in [0.4, 0.5) is 18.9 Å². The molecule has 1 atom stereocenters. The summed E-state index contributed by atoms with van der Waals surface area (Å²) < 4.78 is 45.3. The van der Waals surface area contributed by atoms with E-state index in [0.717, 1.165) is 18.1 Å². The average molecular weight is 293 g/mol. The Balaban J connectivity index is 1.76. The van der Waals surface area contributed by atoms with Gasteiger partial charge in [-0.25, -0.2) is 13.2 Å². The smallest absolute Gasteiger partial charge is 0.161 e. The molecule has 110 valence electrons. The molecule has 0 aromatic heterocycles. The largest absolute Gasteiger partial charge is 0.380 e. The van der Waals surface area contributed by atoms with E-state index in [1.165, 1.54) is 5.56 Å². The molecule has 0 fully saturated rings. The molecule has 1 unspecified atom stereocenters. The third kappa shape index (κ3) is 2.88. The predicted molar refractivity (Wildman–Crippen MR) is 73.6 cm³/mol. The number of nitrogens with one attached hydrogen (secondary N) is 1. The van der Waals surface area contributed by atoms with E-state index >= 15 is 0 Å². The van der Waals surface area contributed by atoms with Crippen LogP contribution < -0.4 is 5.32 Å². The van der Waals surface area contributed by atoms with E-state index in [9.17, 15) is 13.2 Å². The van der Waals surface area contributed by atoms with Gasteiger partial charge in [0.2, 0.25) is 0 Å². The number of anilines is 1. The van der Waals surface area contributed by atoms with Gasteiger partial charge in [0.25, 0.3) is 0 Å². The summed E-state index contributed by atoms with van der Waals surface area (Å²) in [4.78, 5) is 0. The molecule has 0 spiro atoms. The predicted octanol–water partition coefficient (Wildman–Crippen LogP) is 3.83. The first-order valence-corrected chi connectivity index (χ1v) is 6.73. The summed E-state index contributed by atoms with van der Waals surface area (Å²) >= 11 is 0. The van der Waals surface area contributed by atoms with Crippen LogP contribution >= 0.6 is 0 Å². The maximum absolute atomic E-state index is 13.6. The van der Waals surface area contributed by atoms with Crippen molar-refractivity contribution in [1.82, 2.24) is 0 Å². The van der Waals surface area contributed by atoms with E-state index in [4.69, 9.17) is 4.74 Å². The molecule has 0 amide bonds. The van der Waals surface area contributed by atoms with Gasteiger partial charge in [0, 0.05) is 18.7 Å². The number of benzene rings is 2. The number of halogens is 3. The van der Waals surface area contributed by atoms with Crippen LogP contribution in [0.15, 0.2) is 36.4 Å². The lowest BCUT2D eigenvalue weighted by atomic mass is 9.97. The lowest BCUT2D eigenvalue weighted by Gasteiger charge is -2.26. The Morgan fingerprint density at radius 2 is 1.81 bits per heavy atom. The zero-order chi connectivity index (χ0) is 14.8. The van der Waals surface area contributed by atoms with Gasteiger partial charge in [0.05, 0.1) is 18.4 Å². The fourth-order valence-corrected chi connectivity index (χ4v) is 2.51. The molecule has 0 aliphatic carbocycles. The number of hydrogen-bond acceptors (Lipinski definition) is 2. The van der Waals surface area contributed by atoms with Crippen LogP contribution in [0, 0.1) is 17.5 Å². The highest BCUT2D eigenvalue weighted by Gasteiger charge is 2.20.